The van der Waals surface area contributed by atoms with E-state index in [-0.39, 0.29) is 41.3 Å². The van der Waals surface area contributed by atoms with Gasteiger partial charge in [0.2, 0.25) is 21.8 Å². The zero-order valence-electron chi connectivity index (χ0n) is 17.7. The van der Waals surface area contributed by atoms with Gasteiger partial charge in [-0.25, -0.2) is 16.8 Å². The summed E-state index contributed by atoms with van der Waals surface area (Å²) in [6, 6.07) is 5.44. The molecule has 0 bridgehead atoms. The fraction of sp³-hybridized carbons (Fsp3) is 0.600. The van der Waals surface area contributed by atoms with E-state index in [0.717, 1.165) is 5.56 Å². The van der Waals surface area contributed by atoms with Gasteiger partial charge in [0.15, 0.2) is 9.84 Å². The summed E-state index contributed by atoms with van der Waals surface area (Å²) >= 11 is 0. The molecule has 2 N–H and O–H groups in total. The minimum absolute atomic E-state index is 0.0583. The summed E-state index contributed by atoms with van der Waals surface area (Å²) in [5, 5.41) is 5.34. The van der Waals surface area contributed by atoms with E-state index < -0.39 is 37.9 Å². The fourth-order valence-electron chi connectivity index (χ4n) is 3.85. The third-order valence-electron chi connectivity index (χ3n) is 5.81. The predicted octanol–water partition coefficient (Wildman–Crippen LogP) is 0.204. The summed E-state index contributed by atoms with van der Waals surface area (Å²) in [7, 11) is -6.70. The van der Waals surface area contributed by atoms with Gasteiger partial charge in [0.25, 0.3) is 0 Å². The second-order valence-electron chi connectivity index (χ2n) is 8.33. The van der Waals surface area contributed by atoms with Gasteiger partial charge in [0, 0.05) is 25.0 Å². The molecule has 172 valence electrons. The SMILES string of the molecule is Cc1ccc(S(=O)(=O)N2CCC(C(=O)N[C@@H](C)C(=O)N[C@@H]3CCS(=O)(=O)C3)CC2)cc1. The number of carbonyl (C=O) groups excluding carboxylic acids is 2. The van der Waals surface area contributed by atoms with Crippen LogP contribution in [0.5, 0.6) is 0 Å². The van der Waals surface area contributed by atoms with Crippen LogP contribution in [-0.4, -0.2) is 69.6 Å². The molecule has 3 rings (SSSR count). The maximum Gasteiger partial charge on any atom is 0.243 e. The van der Waals surface area contributed by atoms with E-state index in [4.69, 9.17) is 0 Å². The number of sulfonamides is 1. The molecular weight excluding hydrogens is 442 g/mol. The Morgan fingerprint density at radius 2 is 1.71 bits per heavy atom. The van der Waals surface area contributed by atoms with Crippen LogP contribution in [0.25, 0.3) is 0 Å². The predicted molar refractivity (Wildman–Crippen MR) is 115 cm³/mol. The third kappa shape index (κ3) is 5.83. The topological polar surface area (TPSA) is 130 Å². The molecule has 31 heavy (non-hydrogen) atoms. The number of nitrogens with one attached hydrogen (secondary N) is 2. The van der Waals surface area contributed by atoms with Gasteiger partial charge in [-0.3, -0.25) is 9.59 Å². The van der Waals surface area contributed by atoms with Crippen molar-refractivity contribution in [3.05, 3.63) is 29.8 Å². The van der Waals surface area contributed by atoms with E-state index in [1.54, 1.807) is 31.2 Å². The monoisotopic (exact) mass is 471 g/mol. The number of nitrogens with zero attached hydrogens (tertiary/aromatic N) is 1. The maximum absolute atomic E-state index is 12.8. The lowest BCUT2D eigenvalue weighted by Crippen LogP contribution is -2.51. The first-order valence-corrected chi connectivity index (χ1v) is 13.6. The highest BCUT2D eigenvalue weighted by Gasteiger charge is 2.34. The molecule has 2 saturated heterocycles. The Balaban J connectivity index is 1.49. The molecule has 2 aliphatic rings. The Labute approximate surface area is 183 Å². The van der Waals surface area contributed by atoms with Crippen molar-refractivity contribution in [2.24, 2.45) is 5.92 Å². The van der Waals surface area contributed by atoms with Crippen LogP contribution in [0.15, 0.2) is 29.2 Å². The van der Waals surface area contributed by atoms with Gasteiger partial charge >= 0.3 is 0 Å². The minimum atomic E-state index is -3.60. The Morgan fingerprint density at radius 1 is 1.10 bits per heavy atom. The van der Waals surface area contributed by atoms with Gasteiger partial charge in [-0.15, -0.1) is 0 Å². The summed E-state index contributed by atoms with van der Waals surface area (Å²) < 4.78 is 50.0. The van der Waals surface area contributed by atoms with Crippen molar-refractivity contribution in [3.8, 4) is 0 Å². The van der Waals surface area contributed by atoms with Crippen LogP contribution in [0.2, 0.25) is 0 Å². The summed E-state index contributed by atoms with van der Waals surface area (Å²) in [5.74, 6) is -1.12. The summed E-state index contributed by atoms with van der Waals surface area (Å²) in [5.41, 5.74) is 0.974. The van der Waals surface area contributed by atoms with Crippen LogP contribution in [-0.2, 0) is 29.4 Å². The van der Waals surface area contributed by atoms with Gasteiger partial charge in [0.05, 0.1) is 16.4 Å². The molecule has 0 aliphatic carbocycles. The van der Waals surface area contributed by atoms with Gasteiger partial charge in [-0.2, -0.15) is 4.31 Å². The molecule has 11 heteroatoms. The molecule has 1 aromatic rings. The number of amides is 2. The number of aryl methyl sites for hydroxylation is 1. The van der Waals surface area contributed by atoms with Gasteiger partial charge in [-0.1, -0.05) is 17.7 Å². The van der Waals surface area contributed by atoms with Crippen LogP contribution >= 0.6 is 0 Å². The molecule has 2 fully saturated rings. The first-order chi connectivity index (χ1) is 14.5. The average Bonchev–Trinajstić information content (AvgIpc) is 3.06. The zero-order chi connectivity index (χ0) is 22.8. The summed E-state index contributed by atoms with van der Waals surface area (Å²) in [6.45, 7) is 3.90. The van der Waals surface area contributed by atoms with Gasteiger partial charge in [-0.05, 0) is 45.2 Å². The molecule has 0 unspecified atom stereocenters. The first-order valence-electron chi connectivity index (χ1n) is 10.4. The number of benzene rings is 1. The Hall–Kier alpha value is -1.98. The normalized spacial score (nSPS) is 23.2. The number of carbonyl (C=O) groups is 2. The zero-order valence-corrected chi connectivity index (χ0v) is 19.3. The van der Waals surface area contributed by atoms with E-state index in [1.807, 2.05) is 6.92 Å². The van der Waals surface area contributed by atoms with E-state index in [9.17, 15) is 26.4 Å². The number of rotatable bonds is 6. The largest absolute Gasteiger partial charge is 0.351 e. The highest BCUT2D eigenvalue weighted by atomic mass is 32.2. The smallest absolute Gasteiger partial charge is 0.243 e. The lowest BCUT2D eigenvalue weighted by Gasteiger charge is -2.31. The van der Waals surface area contributed by atoms with Crippen LogP contribution in [0.1, 0.15) is 31.7 Å². The second-order valence-corrected chi connectivity index (χ2v) is 12.5. The number of sulfone groups is 1. The van der Waals surface area contributed by atoms with E-state index in [0.29, 0.717) is 19.3 Å². The van der Waals surface area contributed by atoms with Crippen molar-refractivity contribution in [2.45, 2.75) is 50.1 Å². The fourth-order valence-corrected chi connectivity index (χ4v) is 6.99. The van der Waals surface area contributed by atoms with Crippen LogP contribution in [0, 0.1) is 12.8 Å². The van der Waals surface area contributed by atoms with Crippen LogP contribution in [0.3, 0.4) is 0 Å². The van der Waals surface area contributed by atoms with Gasteiger partial charge in [0.1, 0.15) is 6.04 Å². The maximum atomic E-state index is 12.8. The highest BCUT2D eigenvalue weighted by molar-refractivity contribution is 7.91. The molecule has 0 spiro atoms. The Morgan fingerprint density at radius 3 is 2.26 bits per heavy atom. The average molecular weight is 472 g/mol. The molecule has 9 nitrogen and oxygen atoms in total. The van der Waals surface area contributed by atoms with E-state index in [2.05, 4.69) is 10.6 Å². The third-order valence-corrected chi connectivity index (χ3v) is 9.50. The molecule has 2 amide bonds. The number of hydrogen-bond donors (Lipinski definition) is 2. The van der Waals surface area contributed by atoms with Crippen LogP contribution in [0.4, 0.5) is 0 Å². The summed E-state index contributed by atoms with van der Waals surface area (Å²) in [4.78, 5) is 25.1. The standard InChI is InChI=1S/C20H29N3O6S2/c1-14-3-5-18(6-4-14)31(28,29)23-10-7-16(8-11-23)20(25)21-15(2)19(24)22-17-9-12-30(26,27)13-17/h3-6,15-17H,7-13H2,1-2H3,(H,21,25)(H,22,24)/t15-,17+/m0/s1. The molecule has 0 aromatic heterocycles. The van der Waals surface area contributed by atoms with E-state index in [1.165, 1.54) is 4.31 Å². The lowest BCUT2D eigenvalue weighted by atomic mass is 9.97. The number of piperidine rings is 1. The molecule has 2 aliphatic heterocycles. The molecule has 2 heterocycles. The molecular formula is C20H29N3O6S2. The summed E-state index contributed by atoms with van der Waals surface area (Å²) in [6.07, 6.45) is 1.11. The van der Waals surface area contributed by atoms with Crippen molar-refractivity contribution < 1.29 is 26.4 Å². The minimum Gasteiger partial charge on any atom is -0.351 e. The van der Waals surface area contributed by atoms with Crippen LogP contribution < -0.4 is 10.6 Å². The second kappa shape index (κ2) is 9.25. The van der Waals surface area contributed by atoms with Crippen molar-refractivity contribution in [1.29, 1.82) is 0 Å². The van der Waals surface area contributed by atoms with Gasteiger partial charge < -0.3 is 10.6 Å². The molecule has 1 aromatic carbocycles. The molecule has 0 saturated carbocycles. The number of hydrogen-bond acceptors (Lipinski definition) is 6. The lowest BCUT2D eigenvalue weighted by molar-refractivity contribution is -0.131. The van der Waals surface area contributed by atoms with Crippen molar-refractivity contribution >= 4 is 31.7 Å². The van der Waals surface area contributed by atoms with Crippen molar-refractivity contribution in [2.75, 3.05) is 24.6 Å². The van der Waals surface area contributed by atoms with Crippen molar-refractivity contribution in [1.82, 2.24) is 14.9 Å². The molecule has 2 atom stereocenters. The molecule has 0 radical (unpaired) electrons. The highest BCUT2D eigenvalue weighted by Crippen LogP contribution is 2.24. The first kappa shape index (κ1) is 23.7. The quantitative estimate of drug-likeness (QED) is 0.610. The van der Waals surface area contributed by atoms with Crippen molar-refractivity contribution in [3.63, 3.8) is 0 Å². The Bertz CT molecular complexity index is 1030. The Kier molecular flexibility index (Phi) is 7.07. The van der Waals surface area contributed by atoms with E-state index >= 15 is 0 Å².